The fourth-order valence-corrected chi connectivity index (χ4v) is 0.223. The Morgan fingerprint density at radius 1 is 0.909 bits per heavy atom. The second-order valence-corrected chi connectivity index (χ2v) is 4.36. The molecule has 4 amide bonds. The number of amides is 4. The number of nitrogens with two attached hydrogens (primary N) is 1. The molecule has 0 radical (unpaired) electrons. The Morgan fingerprint density at radius 2 is 1.14 bits per heavy atom. The van der Waals surface area contributed by atoms with Crippen LogP contribution in [-0.4, -0.2) is 68.2 Å². The van der Waals surface area contributed by atoms with Gasteiger partial charge in [-0.25, -0.2) is 0 Å². The number of rotatable bonds is 1. The molecule has 0 atom stereocenters. The second-order valence-electron chi connectivity index (χ2n) is 4.36. The molecule has 0 aliphatic heterocycles. The summed E-state index contributed by atoms with van der Waals surface area (Å²) in [7, 11) is 6.83. The Balaban J connectivity index is -0.000000100. The van der Waals surface area contributed by atoms with Crippen LogP contribution in [0.15, 0.2) is 0 Å². The number of nitrogens with one attached hydrogen (secondary N) is 1. The van der Waals surface area contributed by atoms with E-state index in [9.17, 15) is 19.2 Å². The zero-order valence-corrected chi connectivity index (χ0v) is 15.3. The predicted octanol–water partition coefficient (Wildman–Crippen LogP) is -0.177. The molecule has 0 saturated heterocycles. The lowest BCUT2D eigenvalue weighted by molar-refractivity contribution is -0.127. The van der Waals surface area contributed by atoms with Crippen molar-refractivity contribution in [2.75, 3.05) is 34.7 Å². The number of hydrogen-bond donors (Lipinski definition) is 2. The standard InChI is InChI=1S/C5H11NO.C4H9NO.C3H7NO.C2H5NO/c1-4-6(3)5(2)7;1-4(6)5(2)3;1-3(5)4-2;1-2(3)4/h4H2,1-3H3;1-3H3;1-2H3,(H,4,5);1H3,(H2,3,4). The van der Waals surface area contributed by atoms with Gasteiger partial charge in [0.2, 0.25) is 23.6 Å². The van der Waals surface area contributed by atoms with E-state index in [0.717, 1.165) is 6.54 Å². The van der Waals surface area contributed by atoms with E-state index in [0.29, 0.717) is 0 Å². The summed E-state index contributed by atoms with van der Waals surface area (Å²) in [5, 5.41) is 2.39. The third-order valence-corrected chi connectivity index (χ3v) is 1.99. The molecule has 0 bridgehead atoms. The van der Waals surface area contributed by atoms with Crippen molar-refractivity contribution in [1.82, 2.24) is 15.1 Å². The molecule has 0 rings (SSSR count). The second kappa shape index (κ2) is 18.9. The van der Waals surface area contributed by atoms with E-state index in [1.54, 1.807) is 40.0 Å². The third-order valence-electron chi connectivity index (χ3n) is 1.99. The van der Waals surface area contributed by atoms with Gasteiger partial charge >= 0.3 is 0 Å². The minimum atomic E-state index is -0.333. The van der Waals surface area contributed by atoms with Gasteiger partial charge < -0.3 is 20.9 Å². The lowest BCUT2D eigenvalue weighted by atomic mass is 10.6. The minimum Gasteiger partial charge on any atom is -0.370 e. The van der Waals surface area contributed by atoms with Gasteiger partial charge in [-0.1, -0.05) is 0 Å². The fraction of sp³-hybridized carbons (Fsp3) is 0.714. The van der Waals surface area contributed by atoms with Gasteiger partial charge in [0.25, 0.3) is 0 Å². The molecule has 0 aromatic rings. The van der Waals surface area contributed by atoms with E-state index in [1.165, 1.54) is 25.7 Å². The molecule has 3 N–H and O–H groups in total. The Kier molecular flexibility index (Phi) is 24.1. The molecule has 0 spiro atoms. The third kappa shape index (κ3) is 52.2. The Hall–Kier alpha value is -2.12. The van der Waals surface area contributed by atoms with Gasteiger partial charge in [-0.15, -0.1) is 0 Å². The van der Waals surface area contributed by atoms with Crippen LogP contribution in [0.25, 0.3) is 0 Å². The quantitative estimate of drug-likeness (QED) is 0.698. The first-order chi connectivity index (χ1) is 9.83. The molecule has 8 nitrogen and oxygen atoms in total. The fourth-order valence-electron chi connectivity index (χ4n) is 0.223. The average molecular weight is 320 g/mol. The molecule has 0 aliphatic carbocycles. The molecule has 0 aromatic heterocycles. The highest BCUT2D eigenvalue weighted by Gasteiger charge is 1.93. The van der Waals surface area contributed by atoms with Crippen molar-refractivity contribution < 1.29 is 19.2 Å². The zero-order valence-electron chi connectivity index (χ0n) is 15.3. The summed E-state index contributed by atoms with van der Waals surface area (Å²) in [5.74, 6) is -0.109. The molecule has 0 fully saturated rings. The number of hydrogen-bond acceptors (Lipinski definition) is 4. The van der Waals surface area contributed by atoms with Crippen molar-refractivity contribution >= 4 is 23.6 Å². The molecular weight excluding hydrogens is 288 g/mol. The zero-order chi connectivity index (χ0) is 18.9. The van der Waals surface area contributed by atoms with Gasteiger partial charge in [0.1, 0.15) is 0 Å². The van der Waals surface area contributed by atoms with Gasteiger partial charge in [-0.05, 0) is 6.92 Å². The Labute approximate surface area is 134 Å². The molecule has 0 saturated carbocycles. The minimum absolute atomic E-state index is 0.00463. The van der Waals surface area contributed by atoms with Crippen molar-refractivity contribution in [3.63, 3.8) is 0 Å². The van der Waals surface area contributed by atoms with Gasteiger partial charge in [-0.3, -0.25) is 19.2 Å². The van der Waals surface area contributed by atoms with E-state index >= 15 is 0 Å². The maximum absolute atomic E-state index is 10.3. The lowest BCUT2D eigenvalue weighted by Gasteiger charge is -2.09. The van der Waals surface area contributed by atoms with Gasteiger partial charge in [-0.2, -0.15) is 0 Å². The highest BCUT2D eigenvalue weighted by Crippen LogP contribution is 1.78. The highest BCUT2D eigenvalue weighted by molar-refractivity contribution is 5.73. The summed E-state index contributed by atoms with van der Waals surface area (Å²) in [5.41, 5.74) is 4.47. The SMILES string of the molecule is CC(=O)N(C)C.CC(N)=O.CCN(C)C(C)=O.CNC(C)=O. The summed E-state index contributed by atoms with van der Waals surface area (Å²) < 4.78 is 0. The van der Waals surface area contributed by atoms with Gasteiger partial charge in [0.05, 0.1) is 0 Å². The van der Waals surface area contributed by atoms with Crippen molar-refractivity contribution in [1.29, 1.82) is 0 Å². The first-order valence-corrected chi connectivity index (χ1v) is 6.67. The summed E-state index contributed by atoms with van der Waals surface area (Å²) in [6, 6.07) is 0. The topological polar surface area (TPSA) is 113 Å². The Bertz CT molecular complexity index is 327. The van der Waals surface area contributed by atoms with E-state index in [4.69, 9.17) is 0 Å². The van der Waals surface area contributed by atoms with Crippen molar-refractivity contribution in [2.24, 2.45) is 5.73 Å². The number of primary amides is 1. The maximum Gasteiger partial charge on any atom is 0.219 e. The first-order valence-electron chi connectivity index (χ1n) is 6.67. The number of carbonyl (C=O) groups excluding carboxylic acids is 4. The first kappa shape index (κ1) is 28.1. The summed E-state index contributed by atoms with van der Waals surface area (Å²) in [4.78, 5) is 42.5. The molecule has 0 heterocycles. The van der Waals surface area contributed by atoms with Gasteiger partial charge in [0, 0.05) is 62.4 Å². The smallest absolute Gasteiger partial charge is 0.219 e. The highest BCUT2D eigenvalue weighted by atomic mass is 16.2. The molecule has 0 aliphatic rings. The molecule has 0 aromatic carbocycles. The number of nitrogens with zero attached hydrogens (tertiary/aromatic N) is 2. The normalized spacial score (nSPS) is 7.50. The predicted molar refractivity (Wildman–Crippen MR) is 88.0 cm³/mol. The van der Waals surface area contributed by atoms with Crippen LogP contribution in [0, 0.1) is 0 Å². The van der Waals surface area contributed by atoms with E-state index in [-0.39, 0.29) is 23.6 Å². The van der Waals surface area contributed by atoms with Crippen LogP contribution in [0.5, 0.6) is 0 Å². The summed E-state index contributed by atoms with van der Waals surface area (Å²) in [6.07, 6.45) is 0. The lowest BCUT2D eigenvalue weighted by Crippen LogP contribution is -2.22. The van der Waals surface area contributed by atoms with Crippen LogP contribution in [0.1, 0.15) is 34.6 Å². The largest absolute Gasteiger partial charge is 0.370 e. The summed E-state index contributed by atoms with van der Waals surface area (Å²) in [6.45, 7) is 8.61. The monoisotopic (exact) mass is 320 g/mol. The van der Waals surface area contributed by atoms with E-state index in [2.05, 4.69) is 11.1 Å². The molecule has 8 heteroatoms. The van der Waals surface area contributed by atoms with Crippen LogP contribution in [0.2, 0.25) is 0 Å². The van der Waals surface area contributed by atoms with E-state index in [1.807, 2.05) is 6.92 Å². The van der Waals surface area contributed by atoms with E-state index < -0.39 is 0 Å². The maximum atomic E-state index is 10.3. The number of carbonyl (C=O) groups is 4. The van der Waals surface area contributed by atoms with Crippen molar-refractivity contribution in [3.8, 4) is 0 Å². The molecule has 0 unspecified atom stereocenters. The van der Waals surface area contributed by atoms with Crippen molar-refractivity contribution in [2.45, 2.75) is 34.6 Å². The average Bonchev–Trinajstić information content (AvgIpc) is 2.38. The van der Waals surface area contributed by atoms with Crippen LogP contribution in [-0.2, 0) is 19.2 Å². The molecule has 132 valence electrons. The van der Waals surface area contributed by atoms with Crippen LogP contribution in [0.4, 0.5) is 0 Å². The van der Waals surface area contributed by atoms with Crippen LogP contribution >= 0.6 is 0 Å². The van der Waals surface area contributed by atoms with Crippen molar-refractivity contribution in [3.05, 3.63) is 0 Å². The van der Waals surface area contributed by atoms with Crippen LogP contribution < -0.4 is 11.1 Å². The summed E-state index contributed by atoms with van der Waals surface area (Å²) >= 11 is 0. The molecule has 22 heavy (non-hydrogen) atoms. The Morgan fingerprint density at radius 3 is 1.14 bits per heavy atom. The van der Waals surface area contributed by atoms with Crippen LogP contribution in [0.3, 0.4) is 0 Å². The van der Waals surface area contributed by atoms with Gasteiger partial charge in [0.15, 0.2) is 0 Å². The molecular formula is C14H32N4O4.